The van der Waals surface area contributed by atoms with E-state index < -0.39 is 14.6 Å². The van der Waals surface area contributed by atoms with Gasteiger partial charge in [0, 0.05) is 13.2 Å². The normalized spacial score (nSPS) is 26.7. The molecule has 2 fully saturated rings. The predicted molar refractivity (Wildman–Crippen MR) is 74.9 cm³/mol. The average molecular weight is 286 g/mol. The molecule has 2 rings (SSSR count). The smallest absolute Gasteiger partial charge is 0.386 e. The zero-order chi connectivity index (χ0) is 14.2. The van der Waals surface area contributed by atoms with E-state index in [1.54, 1.807) is 0 Å². The molecular formula is C12H24B2O6. The minimum Gasteiger partial charge on any atom is -0.386 e. The second kappa shape index (κ2) is 9.02. The van der Waals surface area contributed by atoms with Gasteiger partial charge in [-0.25, -0.2) is 0 Å². The highest BCUT2D eigenvalue weighted by molar-refractivity contribution is 6.37. The van der Waals surface area contributed by atoms with Gasteiger partial charge < -0.3 is 27.9 Å². The fourth-order valence-corrected chi connectivity index (χ4v) is 2.06. The molecule has 20 heavy (non-hydrogen) atoms. The lowest BCUT2D eigenvalue weighted by molar-refractivity contribution is 0.156. The van der Waals surface area contributed by atoms with E-state index in [-0.39, 0.29) is 12.2 Å². The Morgan fingerprint density at radius 1 is 0.800 bits per heavy atom. The summed E-state index contributed by atoms with van der Waals surface area (Å²) in [5.74, 6) is 0. The van der Waals surface area contributed by atoms with Crippen molar-refractivity contribution < 1.29 is 27.9 Å². The lowest BCUT2D eigenvalue weighted by Crippen LogP contribution is -2.21. The summed E-state index contributed by atoms with van der Waals surface area (Å²) in [7, 11) is -0.932. The van der Waals surface area contributed by atoms with Crippen LogP contribution < -0.4 is 0 Å². The van der Waals surface area contributed by atoms with Crippen LogP contribution in [0.4, 0.5) is 0 Å². The van der Waals surface area contributed by atoms with Crippen LogP contribution in [0.5, 0.6) is 0 Å². The Morgan fingerprint density at radius 3 is 1.60 bits per heavy atom. The van der Waals surface area contributed by atoms with E-state index in [9.17, 15) is 0 Å². The number of unbranched alkanes of at least 4 members (excludes halogenated alkanes) is 3. The van der Waals surface area contributed by atoms with E-state index in [0.29, 0.717) is 26.4 Å². The topological polar surface area (TPSA) is 55.4 Å². The standard InChI is InChI=1S/C12H24B2O6/c1-11-9-17-13(19-11)15-7-5-3-4-6-8-16-14-18-10-12(2)20-14/h11-12H,3-10H2,1-2H3. The van der Waals surface area contributed by atoms with Gasteiger partial charge in [-0.2, -0.15) is 0 Å². The first kappa shape index (κ1) is 16.3. The number of rotatable bonds is 9. The number of hydrogen-bond donors (Lipinski definition) is 0. The molecule has 0 amide bonds. The highest BCUT2D eigenvalue weighted by atomic mass is 16.8. The summed E-state index contributed by atoms with van der Waals surface area (Å²) in [5.41, 5.74) is 0. The maximum absolute atomic E-state index is 5.46. The van der Waals surface area contributed by atoms with Gasteiger partial charge in [-0.3, -0.25) is 0 Å². The van der Waals surface area contributed by atoms with Gasteiger partial charge >= 0.3 is 14.6 Å². The molecule has 2 heterocycles. The Kier molecular flexibility index (Phi) is 7.33. The summed E-state index contributed by atoms with van der Waals surface area (Å²) in [6.07, 6.45) is 4.50. The zero-order valence-electron chi connectivity index (χ0n) is 12.4. The second-order valence-corrected chi connectivity index (χ2v) is 5.29. The van der Waals surface area contributed by atoms with E-state index in [0.717, 1.165) is 25.7 Å². The first-order valence-corrected chi connectivity index (χ1v) is 7.51. The molecule has 8 heteroatoms. The Morgan fingerprint density at radius 2 is 1.25 bits per heavy atom. The molecule has 2 aliphatic rings. The molecular weight excluding hydrogens is 262 g/mol. The third-order valence-corrected chi connectivity index (χ3v) is 3.17. The Bertz CT molecular complexity index is 244. The molecule has 0 radical (unpaired) electrons. The Hall–Kier alpha value is -0.110. The first-order valence-electron chi connectivity index (χ1n) is 7.51. The van der Waals surface area contributed by atoms with Crippen LogP contribution >= 0.6 is 0 Å². The van der Waals surface area contributed by atoms with Crippen molar-refractivity contribution in [3.8, 4) is 0 Å². The number of hydrogen-bond acceptors (Lipinski definition) is 6. The molecule has 0 spiro atoms. The van der Waals surface area contributed by atoms with Gasteiger partial charge in [0.05, 0.1) is 25.4 Å². The summed E-state index contributed by atoms with van der Waals surface area (Å²) in [6.45, 7) is 6.52. The van der Waals surface area contributed by atoms with Crippen LogP contribution in [0.3, 0.4) is 0 Å². The maximum atomic E-state index is 5.46. The van der Waals surface area contributed by atoms with E-state index in [1.807, 2.05) is 13.8 Å². The predicted octanol–water partition coefficient (Wildman–Crippen LogP) is 1.42. The molecule has 2 unspecified atom stereocenters. The van der Waals surface area contributed by atoms with E-state index >= 15 is 0 Å². The van der Waals surface area contributed by atoms with Crippen molar-refractivity contribution in [2.75, 3.05) is 26.4 Å². The molecule has 0 aromatic rings. The van der Waals surface area contributed by atoms with Crippen LogP contribution in [0.15, 0.2) is 0 Å². The monoisotopic (exact) mass is 286 g/mol. The van der Waals surface area contributed by atoms with Crippen LogP contribution in [0, 0.1) is 0 Å². The van der Waals surface area contributed by atoms with Crippen molar-refractivity contribution in [3.05, 3.63) is 0 Å². The second-order valence-electron chi connectivity index (χ2n) is 5.29. The van der Waals surface area contributed by atoms with Gasteiger partial charge in [-0.1, -0.05) is 12.8 Å². The maximum Gasteiger partial charge on any atom is 0.639 e. The molecule has 6 nitrogen and oxygen atoms in total. The average Bonchev–Trinajstić information content (AvgIpc) is 3.02. The fraction of sp³-hybridized carbons (Fsp3) is 1.00. The summed E-state index contributed by atoms with van der Waals surface area (Å²) in [5, 5.41) is 0. The van der Waals surface area contributed by atoms with Gasteiger partial charge in [0.25, 0.3) is 0 Å². The summed E-state index contributed by atoms with van der Waals surface area (Å²) in [4.78, 5) is 0. The molecule has 2 atom stereocenters. The van der Waals surface area contributed by atoms with Gasteiger partial charge in [-0.05, 0) is 26.7 Å². The van der Waals surface area contributed by atoms with Crippen LogP contribution in [-0.4, -0.2) is 53.3 Å². The van der Waals surface area contributed by atoms with Crippen LogP contribution in [0.2, 0.25) is 0 Å². The first-order chi connectivity index (χ1) is 9.74. The van der Waals surface area contributed by atoms with Crippen LogP contribution in [0.1, 0.15) is 39.5 Å². The van der Waals surface area contributed by atoms with E-state index in [4.69, 9.17) is 27.9 Å². The van der Waals surface area contributed by atoms with Gasteiger partial charge in [0.1, 0.15) is 0 Å². The van der Waals surface area contributed by atoms with Gasteiger partial charge in [0.15, 0.2) is 0 Å². The molecule has 0 aliphatic carbocycles. The molecule has 0 aromatic carbocycles. The molecule has 0 aromatic heterocycles. The van der Waals surface area contributed by atoms with Crippen LogP contribution in [-0.2, 0) is 27.9 Å². The molecule has 0 bridgehead atoms. The quantitative estimate of drug-likeness (QED) is 0.472. The van der Waals surface area contributed by atoms with Crippen LogP contribution in [0.25, 0.3) is 0 Å². The minimum atomic E-state index is -0.466. The van der Waals surface area contributed by atoms with Crippen molar-refractivity contribution in [2.24, 2.45) is 0 Å². The summed E-state index contributed by atoms with van der Waals surface area (Å²) >= 11 is 0. The molecule has 0 saturated carbocycles. The highest BCUT2D eigenvalue weighted by Gasteiger charge is 2.31. The van der Waals surface area contributed by atoms with E-state index in [1.165, 1.54) is 0 Å². The molecule has 2 aliphatic heterocycles. The lowest BCUT2D eigenvalue weighted by Gasteiger charge is -2.07. The Balaban J connectivity index is 1.33. The Labute approximate surface area is 121 Å². The molecule has 114 valence electrons. The summed E-state index contributed by atoms with van der Waals surface area (Å²) in [6, 6.07) is 0. The van der Waals surface area contributed by atoms with Gasteiger partial charge in [0.2, 0.25) is 0 Å². The highest BCUT2D eigenvalue weighted by Crippen LogP contribution is 2.11. The SMILES string of the molecule is CC1COB(OCCCCCCOB2OCC(C)O2)O1. The van der Waals surface area contributed by atoms with Crippen molar-refractivity contribution in [1.82, 2.24) is 0 Å². The van der Waals surface area contributed by atoms with Crippen molar-refractivity contribution in [3.63, 3.8) is 0 Å². The minimum absolute atomic E-state index is 0.139. The van der Waals surface area contributed by atoms with Crippen molar-refractivity contribution >= 4 is 14.6 Å². The summed E-state index contributed by atoms with van der Waals surface area (Å²) < 4.78 is 32.2. The third kappa shape index (κ3) is 6.11. The molecule has 2 saturated heterocycles. The molecule has 0 N–H and O–H groups in total. The van der Waals surface area contributed by atoms with E-state index in [2.05, 4.69) is 0 Å². The van der Waals surface area contributed by atoms with Crippen molar-refractivity contribution in [1.29, 1.82) is 0 Å². The van der Waals surface area contributed by atoms with Gasteiger partial charge in [-0.15, -0.1) is 0 Å². The lowest BCUT2D eigenvalue weighted by atomic mass is 10.2. The third-order valence-electron chi connectivity index (χ3n) is 3.17. The zero-order valence-corrected chi connectivity index (χ0v) is 12.4. The van der Waals surface area contributed by atoms with Crippen molar-refractivity contribution in [2.45, 2.75) is 51.7 Å². The fourth-order valence-electron chi connectivity index (χ4n) is 2.06. The largest absolute Gasteiger partial charge is 0.639 e.